The van der Waals surface area contributed by atoms with Gasteiger partial charge in [0.15, 0.2) is 5.78 Å². The molecule has 0 amide bonds. The van der Waals surface area contributed by atoms with Crippen molar-refractivity contribution in [2.45, 2.75) is 13.8 Å². The van der Waals surface area contributed by atoms with Crippen LogP contribution in [0.15, 0.2) is 212 Å². The maximum Gasteiger partial charge on any atom is 0.159 e. The van der Waals surface area contributed by atoms with E-state index in [0.717, 1.165) is 55.9 Å². The van der Waals surface area contributed by atoms with Crippen molar-refractivity contribution in [2.24, 2.45) is 0 Å². The molecule has 0 unspecified atom stereocenters. The molecule has 0 atom stereocenters. The molecule has 0 aliphatic carbocycles. The zero-order valence-corrected chi connectivity index (χ0v) is 34.0. The molecule has 0 saturated carbocycles. The van der Waals surface area contributed by atoms with Crippen LogP contribution in [0.25, 0.3) is 77.2 Å². The van der Waals surface area contributed by atoms with Gasteiger partial charge in [-0.15, -0.1) is 0 Å². The summed E-state index contributed by atoms with van der Waals surface area (Å²) in [5, 5.41) is 4.73. The Morgan fingerprint density at radius 2 is 0.770 bits per heavy atom. The fourth-order valence-corrected chi connectivity index (χ4v) is 9.03. The fraction of sp³-hybridized carbons (Fsp3) is 0.0351. The van der Waals surface area contributed by atoms with Crippen LogP contribution in [0.1, 0.15) is 22.8 Å². The Bertz CT molecular complexity index is 3410. The lowest BCUT2D eigenvalue weighted by atomic mass is 10.00. The molecular formula is C57H41N3O. The summed E-state index contributed by atoms with van der Waals surface area (Å²) in [5.74, 6) is 0.0606. The molecule has 61 heavy (non-hydrogen) atoms. The third kappa shape index (κ3) is 6.28. The normalized spacial score (nSPS) is 11.5. The Kier molecular flexibility index (Phi) is 8.71. The first-order chi connectivity index (χ1) is 30.0. The smallest absolute Gasteiger partial charge is 0.159 e. The van der Waals surface area contributed by atoms with Gasteiger partial charge >= 0.3 is 0 Å². The number of aryl methyl sites for hydroxylation is 1. The van der Waals surface area contributed by atoms with Crippen LogP contribution < -0.4 is 4.90 Å². The van der Waals surface area contributed by atoms with Crippen LogP contribution in [0.3, 0.4) is 0 Å². The number of benzene rings is 9. The maximum atomic E-state index is 12.2. The van der Waals surface area contributed by atoms with Crippen molar-refractivity contribution in [3.8, 4) is 33.6 Å². The summed E-state index contributed by atoms with van der Waals surface area (Å²) in [6.07, 6.45) is 0. The van der Waals surface area contributed by atoms with Gasteiger partial charge in [-0.1, -0.05) is 121 Å². The molecule has 4 heteroatoms. The molecule has 9 aromatic carbocycles. The molecule has 4 nitrogen and oxygen atoms in total. The molecule has 2 heterocycles. The summed E-state index contributed by atoms with van der Waals surface area (Å²) in [4.78, 5) is 14.5. The summed E-state index contributed by atoms with van der Waals surface area (Å²) < 4.78 is 4.67. The Morgan fingerprint density at radius 1 is 0.377 bits per heavy atom. The third-order valence-electron chi connectivity index (χ3n) is 12.1. The first-order valence-electron chi connectivity index (χ1n) is 20.8. The van der Waals surface area contributed by atoms with E-state index in [-0.39, 0.29) is 5.78 Å². The number of para-hydroxylation sites is 2. The molecular weight excluding hydrogens is 743 g/mol. The number of hydrogen-bond acceptors (Lipinski definition) is 2. The number of anilines is 3. The van der Waals surface area contributed by atoms with Crippen molar-refractivity contribution in [1.82, 2.24) is 9.13 Å². The predicted molar refractivity (Wildman–Crippen MR) is 255 cm³/mol. The number of rotatable bonds is 8. The molecule has 0 saturated heterocycles. The van der Waals surface area contributed by atoms with Crippen LogP contribution in [0, 0.1) is 6.92 Å². The van der Waals surface area contributed by atoms with Gasteiger partial charge in [-0.2, -0.15) is 0 Å². The van der Waals surface area contributed by atoms with E-state index in [1.165, 1.54) is 43.9 Å². The molecule has 0 bridgehead atoms. The Morgan fingerprint density at radius 3 is 1.26 bits per heavy atom. The third-order valence-corrected chi connectivity index (χ3v) is 12.1. The Balaban J connectivity index is 1.08. The molecule has 11 rings (SSSR count). The largest absolute Gasteiger partial charge is 0.310 e. The van der Waals surface area contributed by atoms with Gasteiger partial charge in [-0.25, -0.2) is 0 Å². The van der Waals surface area contributed by atoms with Gasteiger partial charge in [0.2, 0.25) is 0 Å². The second-order valence-corrected chi connectivity index (χ2v) is 15.9. The molecule has 2 aromatic heterocycles. The number of hydrogen-bond donors (Lipinski definition) is 0. The predicted octanol–water partition coefficient (Wildman–Crippen LogP) is 15.2. The highest BCUT2D eigenvalue weighted by Crippen LogP contribution is 2.43. The van der Waals surface area contributed by atoms with Gasteiger partial charge in [-0.3, -0.25) is 4.79 Å². The number of Topliss-reactive ketones (excluding diaryl/α,β-unsaturated/α-hetero) is 1. The average molecular weight is 784 g/mol. The summed E-state index contributed by atoms with van der Waals surface area (Å²) in [6, 6.07) is 76.0. The van der Waals surface area contributed by atoms with E-state index in [9.17, 15) is 4.79 Å². The molecule has 0 aliphatic heterocycles. The van der Waals surface area contributed by atoms with Gasteiger partial charge < -0.3 is 14.0 Å². The lowest BCUT2D eigenvalue weighted by Crippen LogP contribution is -2.10. The van der Waals surface area contributed by atoms with Crippen molar-refractivity contribution < 1.29 is 4.79 Å². The molecule has 0 N–H and O–H groups in total. The van der Waals surface area contributed by atoms with E-state index in [1.807, 2.05) is 24.3 Å². The Hall–Kier alpha value is -7.95. The molecule has 11 aromatic rings. The van der Waals surface area contributed by atoms with Crippen LogP contribution >= 0.6 is 0 Å². The summed E-state index contributed by atoms with van der Waals surface area (Å²) >= 11 is 0. The van der Waals surface area contributed by atoms with Gasteiger partial charge in [0.25, 0.3) is 0 Å². The van der Waals surface area contributed by atoms with Crippen LogP contribution in [0.5, 0.6) is 0 Å². The van der Waals surface area contributed by atoms with Crippen molar-refractivity contribution in [2.75, 3.05) is 4.90 Å². The SMILES string of the molecule is CC(=O)c1ccc(-n2c3ccccc3c3cc(N(c4ccc(-c5ccc(-c6ccccc6)cc5)cc4)c4ccc5c(c4)c4ccccc4n5-c4ccc(C)cc4)ccc32)cc1. The molecule has 0 fully saturated rings. The highest BCUT2D eigenvalue weighted by Gasteiger charge is 2.20. The highest BCUT2D eigenvalue weighted by atomic mass is 16.1. The first kappa shape index (κ1) is 36.2. The second-order valence-electron chi connectivity index (χ2n) is 15.9. The van der Waals surface area contributed by atoms with E-state index < -0.39 is 0 Å². The number of carbonyl (C=O) groups excluding carboxylic acids is 1. The molecule has 0 aliphatic rings. The first-order valence-corrected chi connectivity index (χ1v) is 20.8. The van der Waals surface area contributed by atoms with E-state index in [2.05, 4.69) is 209 Å². The van der Waals surface area contributed by atoms with E-state index in [4.69, 9.17) is 0 Å². The second kappa shape index (κ2) is 14.7. The van der Waals surface area contributed by atoms with Gasteiger partial charge in [0.1, 0.15) is 0 Å². The standard InChI is InChI=1S/C57H41N3O/c1-38-16-26-46(27-17-38)59-54-14-8-6-12-50(54)52-36-48(32-34-56(52)59)58(45-30-24-44(25-31-45)43-20-18-42(19-21-43)41-10-4-3-5-11-41)49-33-35-57-53(37-49)51-13-7-9-15-55(51)60(57)47-28-22-40(23-29-47)39(2)61/h3-37H,1-2H3. The highest BCUT2D eigenvalue weighted by molar-refractivity contribution is 6.12. The van der Waals surface area contributed by atoms with Gasteiger partial charge in [-0.05, 0) is 133 Å². The summed E-state index contributed by atoms with van der Waals surface area (Å²) in [6.45, 7) is 3.74. The number of carbonyl (C=O) groups is 1. The van der Waals surface area contributed by atoms with Crippen molar-refractivity contribution in [1.29, 1.82) is 0 Å². The number of fused-ring (bicyclic) bond motifs is 6. The van der Waals surface area contributed by atoms with Crippen molar-refractivity contribution in [3.05, 3.63) is 223 Å². The number of ketones is 1. The van der Waals surface area contributed by atoms with E-state index in [1.54, 1.807) is 6.92 Å². The van der Waals surface area contributed by atoms with E-state index >= 15 is 0 Å². The average Bonchev–Trinajstić information content (AvgIpc) is 3.82. The number of aromatic nitrogens is 2. The maximum absolute atomic E-state index is 12.2. The molecule has 290 valence electrons. The van der Waals surface area contributed by atoms with Crippen molar-refractivity contribution in [3.63, 3.8) is 0 Å². The van der Waals surface area contributed by atoms with Gasteiger partial charge in [0, 0.05) is 55.5 Å². The van der Waals surface area contributed by atoms with Crippen LogP contribution in [0.4, 0.5) is 17.1 Å². The fourth-order valence-electron chi connectivity index (χ4n) is 9.03. The summed E-state index contributed by atoms with van der Waals surface area (Å²) in [7, 11) is 0. The number of nitrogens with zero attached hydrogens (tertiary/aromatic N) is 3. The minimum atomic E-state index is 0.0606. The van der Waals surface area contributed by atoms with Gasteiger partial charge in [0.05, 0.1) is 22.1 Å². The lowest BCUT2D eigenvalue weighted by molar-refractivity contribution is 0.101. The lowest BCUT2D eigenvalue weighted by Gasteiger charge is -2.26. The summed E-state index contributed by atoms with van der Waals surface area (Å²) in [5.41, 5.74) is 16.6. The topological polar surface area (TPSA) is 30.2 Å². The minimum Gasteiger partial charge on any atom is -0.310 e. The Labute approximate surface area is 354 Å². The van der Waals surface area contributed by atoms with E-state index in [0.29, 0.717) is 5.56 Å². The molecule has 0 spiro atoms. The monoisotopic (exact) mass is 783 g/mol. The van der Waals surface area contributed by atoms with Crippen LogP contribution in [0.2, 0.25) is 0 Å². The zero-order chi connectivity index (χ0) is 41.0. The molecule has 0 radical (unpaired) electrons. The van der Waals surface area contributed by atoms with Crippen LogP contribution in [-0.2, 0) is 0 Å². The minimum absolute atomic E-state index is 0.0606. The van der Waals surface area contributed by atoms with Crippen molar-refractivity contribution >= 4 is 66.5 Å². The zero-order valence-electron chi connectivity index (χ0n) is 34.0. The van der Waals surface area contributed by atoms with Crippen LogP contribution in [-0.4, -0.2) is 14.9 Å². The quantitative estimate of drug-likeness (QED) is 0.144.